The third-order valence-electron chi connectivity index (χ3n) is 7.22. The Balaban J connectivity index is 1.60. The molecular formula is C30H31N3O2. The first kappa shape index (κ1) is 23.2. The smallest absolute Gasteiger partial charge is 0.224 e. The molecule has 3 aromatic rings. The number of ketones is 1. The van der Waals surface area contributed by atoms with Gasteiger partial charge in [-0.15, -0.1) is 0 Å². The number of rotatable bonds is 2. The molecule has 2 aliphatic rings. The average molecular weight is 466 g/mol. The summed E-state index contributed by atoms with van der Waals surface area (Å²) in [6, 6.07) is 19.7. The Bertz CT molecular complexity index is 1290. The topological polar surface area (TPSA) is 62.6 Å². The van der Waals surface area contributed by atoms with Gasteiger partial charge in [0.2, 0.25) is 5.91 Å². The van der Waals surface area contributed by atoms with Gasteiger partial charge in [-0.2, -0.15) is 0 Å². The molecule has 0 bridgehead atoms. The number of Topliss-reactive ketones (excluding diaryl/α,β-unsaturated/α-hetero) is 1. The molecule has 2 heterocycles. The van der Waals surface area contributed by atoms with Crippen LogP contribution in [-0.2, 0) is 15.0 Å². The Morgan fingerprint density at radius 3 is 2.34 bits per heavy atom. The summed E-state index contributed by atoms with van der Waals surface area (Å²) in [5.41, 5.74) is 5.66. The highest BCUT2D eigenvalue weighted by Crippen LogP contribution is 2.47. The fourth-order valence-corrected chi connectivity index (χ4v) is 5.45. The fraction of sp³-hybridized carbons (Fsp3) is 0.333. The van der Waals surface area contributed by atoms with Gasteiger partial charge in [-0.25, -0.2) is 0 Å². The molecule has 0 radical (unpaired) electrons. The summed E-state index contributed by atoms with van der Waals surface area (Å²) in [4.78, 5) is 38.0. The van der Waals surface area contributed by atoms with Crippen molar-refractivity contribution in [3.8, 4) is 0 Å². The van der Waals surface area contributed by atoms with E-state index >= 15 is 0 Å². The lowest BCUT2D eigenvalue weighted by Gasteiger charge is -2.38. The summed E-state index contributed by atoms with van der Waals surface area (Å²) >= 11 is 0. The Labute approximate surface area is 206 Å². The van der Waals surface area contributed by atoms with Crippen molar-refractivity contribution in [2.75, 3.05) is 4.90 Å². The van der Waals surface area contributed by atoms with Gasteiger partial charge in [-0.05, 0) is 52.6 Å². The maximum absolute atomic E-state index is 13.9. The molecule has 1 saturated carbocycles. The van der Waals surface area contributed by atoms with Gasteiger partial charge in [0.05, 0.1) is 23.3 Å². The second-order valence-electron chi connectivity index (χ2n) is 10.6. The fourth-order valence-electron chi connectivity index (χ4n) is 5.45. The van der Waals surface area contributed by atoms with Crippen molar-refractivity contribution >= 4 is 28.8 Å². The van der Waals surface area contributed by atoms with Crippen LogP contribution in [0.25, 0.3) is 0 Å². The lowest BCUT2D eigenvalue weighted by atomic mass is 9.72. The van der Waals surface area contributed by atoms with Crippen molar-refractivity contribution in [3.63, 3.8) is 0 Å². The van der Waals surface area contributed by atoms with Crippen molar-refractivity contribution in [3.05, 3.63) is 89.7 Å². The van der Waals surface area contributed by atoms with E-state index in [0.29, 0.717) is 12.8 Å². The summed E-state index contributed by atoms with van der Waals surface area (Å²) < 4.78 is 0. The molecule has 178 valence electrons. The molecule has 1 amide bonds. The predicted molar refractivity (Wildman–Crippen MR) is 139 cm³/mol. The van der Waals surface area contributed by atoms with Gasteiger partial charge in [-0.3, -0.25) is 19.6 Å². The molecule has 1 aliphatic heterocycles. The van der Waals surface area contributed by atoms with Crippen molar-refractivity contribution in [2.45, 2.75) is 57.9 Å². The first-order chi connectivity index (χ1) is 16.7. The Kier molecular flexibility index (Phi) is 5.87. The van der Waals surface area contributed by atoms with E-state index in [-0.39, 0.29) is 23.0 Å². The molecule has 3 atom stereocenters. The second kappa shape index (κ2) is 8.88. The summed E-state index contributed by atoms with van der Waals surface area (Å²) in [6.45, 7) is 8.16. The van der Waals surface area contributed by atoms with Crippen LogP contribution in [0, 0.1) is 5.92 Å². The number of benzene rings is 2. The molecule has 5 nitrogen and oxygen atoms in total. The predicted octanol–water partition coefficient (Wildman–Crippen LogP) is 6.32. The van der Waals surface area contributed by atoms with Gasteiger partial charge in [0.25, 0.3) is 0 Å². The Hall–Kier alpha value is -3.60. The van der Waals surface area contributed by atoms with Gasteiger partial charge in [0, 0.05) is 31.4 Å². The van der Waals surface area contributed by atoms with Crippen molar-refractivity contribution < 1.29 is 9.59 Å². The molecule has 0 N–H and O–H groups in total. The average Bonchev–Trinajstić information content (AvgIpc) is 2.99. The molecule has 1 aromatic heterocycles. The minimum atomic E-state index is -0.499. The highest BCUT2D eigenvalue weighted by Gasteiger charge is 2.45. The minimum absolute atomic E-state index is 0.0668. The molecule has 5 rings (SSSR count). The van der Waals surface area contributed by atoms with Crippen molar-refractivity contribution in [1.29, 1.82) is 0 Å². The van der Waals surface area contributed by atoms with Crippen LogP contribution in [0.5, 0.6) is 0 Å². The number of carbonyl (C=O) groups excluding carboxylic acids is 2. The van der Waals surface area contributed by atoms with E-state index in [2.05, 4.69) is 50.0 Å². The lowest BCUT2D eigenvalue weighted by Crippen LogP contribution is -2.45. The van der Waals surface area contributed by atoms with E-state index in [4.69, 9.17) is 4.99 Å². The van der Waals surface area contributed by atoms with Crippen molar-refractivity contribution in [2.24, 2.45) is 10.9 Å². The molecule has 0 spiro atoms. The highest BCUT2D eigenvalue weighted by molar-refractivity contribution is 6.13. The van der Waals surface area contributed by atoms with Gasteiger partial charge < -0.3 is 4.90 Å². The Morgan fingerprint density at radius 2 is 1.69 bits per heavy atom. The molecule has 2 aromatic carbocycles. The third kappa shape index (κ3) is 4.31. The summed E-state index contributed by atoms with van der Waals surface area (Å²) in [5, 5.41) is 0. The number of aliphatic imine (C=N–C) groups is 1. The van der Waals surface area contributed by atoms with Crippen LogP contribution in [0.15, 0.2) is 78.0 Å². The third-order valence-corrected chi connectivity index (χ3v) is 7.22. The number of carbonyl (C=O) groups is 2. The van der Waals surface area contributed by atoms with E-state index in [9.17, 15) is 9.59 Å². The van der Waals surface area contributed by atoms with Crippen LogP contribution in [0.3, 0.4) is 0 Å². The zero-order chi connectivity index (χ0) is 24.7. The molecule has 1 fully saturated rings. The largest absolute Gasteiger partial charge is 0.302 e. The monoisotopic (exact) mass is 465 g/mol. The number of pyridine rings is 1. The highest BCUT2D eigenvalue weighted by atomic mass is 16.2. The molecule has 1 unspecified atom stereocenters. The maximum atomic E-state index is 13.9. The van der Waals surface area contributed by atoms with Crippen molar-refractivity contribution in [1.82, 2.24) is 4.98 Å². The van der Waals surface area contributed by atoms with Gasteiger partial charge in [0.1, 0.15) is 5.78 Å². The number of aromatic nitrogens is 1. The molecule has 5 heteroatoms. The van der Waals surface area contributed by atoms with Crippen LogP contribution in [0.4, 0.5) is 11.4 Å². The number of anilines is 1. The summed E-state index contributed by atoms with van der Waals surface area (Å²) in [5.74, 6) is -0.430. The lowest BCUT2D eigenvalue weighted by molar-refractivity contribution is -0.123. The van der Waals surface area contributed by atoms with E-state index in [1.807, 2.05) is 36.4 Å². The number of para-hydroxylation sites is 2. The van der Waals surface area contributed by atoms with E-state index in [1.165, 1.54) is 5.56 Å². The Morgan fingerprint density at radius 1 is 0.943 bits per heavy atom. The first-order valence-corrected chi connectivity index (χ1v) is 12.2. The van der Waals surface area contributed by atoms with Crippen LogP contribution in [0.1, 0.15) is 69.2 Å². The maximum Gasteiger partial charge on any atom is 0.224 e. The molecule has 0 saturated heterocycles. The van der Waals surface area contributed by atoms with Gasteiger partial charge >= 0.3 is 0 Å². The molecule has 35 heavy (non-hydrogen) atoms. The standard InChI is InChI=1S/C30H31N3O2/c1-19(34)33-26-10-6-5-9-24(26)32-25-16-22(20-11-13-23(14-12-20)30(2,3)4)17-27(35)28(25)29(33)21-8-7-15-31-18-21/h5-15,18,22,28-29H,16-17H2,1-4H3/t22-,28?,29+/m1/s1. The van der Waals surface area contributed by atoms with E-state index in [0.717, 1.165) is 28.2 Å². The zero-order valence-corrected chi connectivity index (χ0v) is 20.7. The van der Waals surface area contributed by atoms with Crippen LogP contribution >= 0.6 is 0 Å². The van der Waals surface area contributed by atoms with Gasteiger partial charge in [0.15, 0.2) is 0 Å². The second-order valence-corrected chi connectivity index (χ2v) is 10.6. The normalized spacial score (nSPS) is 22.1. The number of fused-ring (bicyclic) bond motifs is 2. The molecular weight excluding hydrogens is 434 g/mol. The van der Waals surface area contributed by atoms with Gasteiger partial charge in [-0.1, -0.05) is 63.2 Å². The zero-order valence-electron chi connectivity index (χ0n) is 20.7. The summed E-state index contributed by atoms with van der Waals surface area (Å²) in [7, 11) is 0. The van der Waals surface area contributed by atoms with E-state index in [1.54, 1.807) is 24.2 Å². The first-order valence-electron chi connectivity index (χ1n) is 12.2. The van der Waals surface area contributed by atoms with E-state index < -0.39 is 12.0 Å². The summed E-state index contributed by atoms with van der Waals surface area (Å²) in [6.07, 6.45) is 4.58. The van der Waals surface area contributed by atoms with Crippen LogP contribution in [-0.4, -0.2) is 22.4 Å². The number of amides is 1. The number of nitrogens with zero attached hydrogens (tertiary/aromatic N) is 3. The van der Waals surface area contributed by atoms with Crippen LogP contribution < -0.4 is 4.90 Å². The molecule has 1 aliphatic carbocycles. The quantitative estimate of drug-likeness (QED) is 0.445. The SMILES string of the molecule is CC(=O)N1c2ccccc2N=C2C[C@@H](c3ccc(C(C)(C)C)cc3)CC(=O)C2[C@@H]1c1cccnc1. The number of hydrogen-bond acceptors (Lipinski definition) is 4. The van der Waals surface area contributed by atoms with Crippen LogP contribution in [0.2, 0.25) is 0 Å². The number of hydrogen-bond donors (Lipinski definition) is 0. The minimum Gasteiger partial charge on any atom is -0.302 e.